The molecule has 1 saturated carbocycles. The Hall–Kier alpha value is -4.26. The number of esters is 3. The molecule has 2 fully saturated rings. The summed E-state index contributed by atoms with van der Waals surface area (Å²) >= 11 is 0. The lowest BCUT2D eigenvalue weighted by Gasteiger charge is -2.30. The highest BCUT2D eigenvalue weighted by molar-refractivity contribution is 5.98. The molecular formula is C29H33FN2O10. The first-order valence-electron chi connectivity index (χ1n) is 13.5. The molecule has 1 amide bonds. The molecule has 0 radical (unpaired) electrons. The van der Waals surface area contributed by atoms with Gasteiger partial charge in [0.05, 0.1) is 26.2 Å². The Morgan fingerprint density at radius 1 is 1.12 bits per heavy atom. The summed E-state index contributed by atoms with van der Waals surface area (Å²) in [5.41, 5.74) is 0.554. The normalized spacial score (nSPS) is 22.4. The van der Waals surface area contributed by atoms with Crippen molar-refractivity contribution in [3.63, 3.8) is 0 Å². The van der Waals surface area contributed by atoms with Gasteiger partial charge in [0.1, 0.15) is 18.0 Å². The fraction of sp³-hybridized carbons (Fsp3) is 0.483. The van der Waals surface area contributed by atoms with E-state index < -0.39 is 48.8 Å². The van der Waals surface area contributed by atoms with Gasteiger partial charge in [-0.15, -0.1) is 0 Å². The fourth-order valence-electron chi connectivity index (χ4n) is 4.45. The molecule has 42 heavy (non-hydrogen) atoms. The lowest BCUT2D eigenvalue weighted by Crippen LogP contribution is -2.47. The molecule has 13 heteroatoms. The van der Waals surface area contributed by atoms with E-state index in [-0.39, 0.29) is 48.1 Å². The molecule has 2 heterocycles. The molecular weight excluding hydrogens is 555 g/mol. The van der Waals surface area contributed by atoms with Crippen molar-refractivity contribution in [2.45, 2.75) is 51.4 Å². The smallest absolute Gasteiger partial charge is 0.331 e. The van der Waals surface area contributed by atoms with E-state index in [1.54, 1.807) is 19.1 Å². The van der Waals surface area contributed by atoms with Crippen molar-refractivity contribution >= 4 is 23.8 Å². The van der Waals surface area contributed by atoms with E-state index >= 15 is 0 Å². The van der Waals surface area contributed by atoms with Gasteiger partial charge in [0.25, 0.3) is 5.91 Å². The summed E-state index contributed by atoms with van der Waals surface area (Å²) in [4.78, 5) is 54.3. The topological polar surface area (TPSA) is 149 Å². The molecule has 0 unspecified atom stereocenters. The Morgan fingerprint density at radius 2 is 1.86 bits per heavy atom. The zero-order valence-corrected chi connectivity index (χ0v) is 23.5. The summed E-state index contributed by atoms with van der Waals surface area (Å²) in [5.74, 6) is -3.54. The second-order valence-electron chi connectivity index (χ2n) is 10.1. The molecule has 1 N–H and O–H groups in total. The Bertz CT molecular complexity index is 1280. The van der Waals surface area contributed by atoms with Crippen molar-refractivity contribution in [2.75, 3.05) is 27.1 Å². The van der Waals surface area contributed by atoms with Crippen LogP contribution in [0.2, 0.25) is 0 Å². The number of cyclic esters (lactones) is 1. The first kappa shape index (κ1) is 30.7. The van der Waals surface area contributed by atoms with Crippen LogP contribution in [0, 0.1) is 17.7 Å². The predicted molar refractivity (Wildman–Crippen MR) is 142 cm³/mol. The van der Waals surface area contributed by atoms with Gasteiger partial charge in [-0.25, -0.2) is 14.2 Å². The van der Waals surface area contributed by atoms with Crippen LogP contribution < -0.4 is 14.8 Å². The molecule has 1 aromatic heterocycles. The van der Waals surface area contributed by atoms with E-state index in [2.05, 4.69) is 10.3 Å². The highest BCUT2D eigenvalue weighted by Crippen LogP contribution is 2.33. The van der Waals surface area contributed by atoms with E-state index in [0.29, 0.717) is 6.42 Å². The van der Waals surface area contributed by atoms with Gasteiger partial charge in [0.2, 0.25) is 6.79 Å². The Balaban J connectivity index is 1.52. The van der Waals surface area contributed by atoms with Gasteiger partial charge in [0, 0.05) is 25.1 Å². The van der Waals surface area contributed by atoms with Gasteiger partial charge in [-0.05, 0) is 43.9 Å². The first-order valence-corrected chi connectivity index (χ1v) is 13.5. The van der Waals surface area contributed by atoms with Crippen molar-refractivity contribution < 1.29 is 52.0 Å². The highest BCUT2D eigenvalue weighted by atomic mass is 19.1. The van der Waals surface area contributed by atoms with E-state index in [1.165, 1.54) is 38.4 Å². The zero-order chi connectivity index (χ0) is 30.2. The average Bonchev–Trinajstić information content (AvgIpc) is 3.81. The molecule has 226 valence electrons. The lowest BCUT2D eigenvalue weighted by atomic mass is 9.91. The van der Waals surface area contributed by atoms with Gasteiger partial charge in [-0.2, -0.15) is 0 Å². The quantitative estimate of drug-likeness (QED) is 0.248. The maximum Gasteiger partial charge on any atom is 0.331 e. The number of hydrogen-bond donors (Lipinski definition) is 1. The predicted octanol–water partition coefficient (Wildman–Crippen LogP) is 2.37. The third-order valence-electron chi connectivity index (χ3n) is 6.78. The van der Waals surface area contributed by atoms with Crippen molar-refractivity contribution in [1.29, 1.82) is 0 Å². The monoisotopic (exact) mass is 588 g/mol. The summed E-state index contributed by atoms with van der Waals surface area (Å²) < 4.78 is 46.3. The molecule has 4 atom stereocenters. The Labute approximate surface area is 241 Å². The van der Waals surface area contributed by atoms with Crippen LogP contribution in [0.15, 0.2) is 36.5 Å². The number of carbonyl (C=O) groups excluding carboxylic acids is 4. The summed E-state index contributed by atoms with van der Waals surface area (Å²) in [6, 6.07) is 6.13. The number of nitrogens with zero attached hydrogens (tertiary/aromatic N) is 1. The van der Waals surface area contributed by atoms with Crippen LogP contribution >= 0.6 is 0 Å². The largest absolute Gasteiger partial charge is 0.493 e. The third kappa shape index (κ3) is 8.15. The van der Waals surface area contributed by atoms with Crippen LogP contribution in [0.3, 0.4) is 0 Å². The second-order valence-corrected chi connectivity index (χ2v) is 10.1. The van der Waals surface area contributed by atoms with Crippen LogP contribution in [0.5, 0.6) is 11.5 Å². The van der Waals surface area contributed by atoms with Crippen LogP contribution in [-0.2, 0) is 39.8 Å². The molecule has 2 aromatic rings. The average molecular weight is 589 g/mol. The SMILES string of the molecule is COc1ccnc(C(=O)N[C@H]2COC[C@H](Cc3ccc(F)cc3)[C@@H](OC(=O)C3CC3)[C@H](C)OC2=O)c1OCOC(C)=O. The lowest BCUT2D eigenvalue weighted by molar-refractivity contribution is -0.172. The number of rotatable bonds is 10. The minimum absolute atomic E-state index is 0.0570. The molecule has 4 rings (SSSR count). The van der Waals surface area contributed by atoms with Crippen molar-refractivity contribution in [3.05, 3.63) is 53.6 Å². The number of pyridine rings is 1. The number of amides is 1. The summed E-state index contributed by atoms with van der Waals surface area (Å²) in [6.07, 6.45) is 1.41. The van der Waals surface area contributed by atoms with Crippen molar-refractivity contribution in [1.82, 2.24) is 10.3 Å². The first-order chi connectivity index (χ1) is 20.2. The molecule has 1 aliphatic carbocycles. The second kappa shape index (κ2) is 14.1. The van der Waals surface area contributed by atoms with E-state index in [4.69, 9.17) is 28.4 Å². The minimum Gasteiger partial charge on any atom is -0.493 e. The molecule has 1 aliphatic heterocycles. The van der Waals surface area contributed by atoms with Gasteiger partial charge in [-0.1, -0.05) is 12.1 Å². The summed E-state index contributed by atoms with van der Waals surface area (Å²) in [5, 5.41) is 2.55. The molecule has 2 aliphatic rings. The number of nitrogens with one attached hydrogen (secondary N) is 1. The Kier molecular flexibility index (Phi) is 10.3. The molecule has 1 aromatic carbocycles. The van der Waals surface area contributed by atoms with Crippen molar-refractivity contribution in [3.8, 4) is 11.5 Å². The van der Waals surface area contributed by atoms with Gasteiger partial charge < -0.3 is 33.7 Å². The van der Waals surface area contributed by atoms with Crippen LogP contribution in [0.1, 0.15) is 42.7 Å². The van der Waals surface area contributed by atoms with Crippen LogP contribution in [0.25, 0.3) is 0 Å². The van der Waals surface area contributed by atoms with Crippen LogP contribution in [-0.4, -0.2) is 74.2 Å². The summed E-state index contributed by atoms with van der Waals surface area (Å²) in [6.45, 7) is 2.11. The fourth-order valence-corrected chi connectivity index (χ4v) is 4.45. The number of halogens is 1. The molecule has 0 spiro atoms. The number of carbonyl (C=O) groups is 4. The maximum atomic E-state index is 13.5. The number of aromatic nitrogens is 1. The number of benzene rings is 1. The number of ether oxygens (including phenoxy) is 6. The summed E-state index contributed by atoms with van der Waals surface area (Å²) in [7, 11) is 1.36. The highest BCUT2D eigenvalue weighted by Gasteiger charge is 2.40. The number of hydrogen-bond acceptors (Lipinski definition) is 11. The van der Waals surface area contributed by atoms with E-state index in [0.717, 1.165) is 18.4 Å². The van der Waals surface area contributed by atoms with Gasteiger partial charge in [-0.3, -0.25) is 14.4 Å². The minimum atomic E-state index is -1.25. The van der Waals surface area contributed by atoms with Crippen LogP contribution in [0.4, 0.5) is 4.39 Å². The molecule has 0 bridgehead atoms. The molecule has 12 nitrogen and oxygen atoms in total. The standard InChI is InChI=1S/C29H33FN2O10/c1-16-25(42-28(35)19-6-7-19)20(12-18-4-8-21(30)9-5-18)13-38-14-22(29(36)41-16)32-27(34)24-26(40-15-39-17(2)33)23(37-3)10-11-31-24/h4-5,8-11,16,19-20,22,25H,6-7,12-15H2,1-3H3,(H,32,34)/t16-,20-,22-,25-/m0/s1. The van der Waals surface area contributed by atoms with Gasteiger partial charge in [0.15, 0.2) is 23.2 Å². The molecule has 1 saturated heterocycles. The van der Waals surface area contributed by atoms with E-state index in [1.807, 2.05) is 0 Å². The van der Waals surface area contributed by atoms with E-state index in [9.17, 15) is 23.6 Å². The third-order valence-corrected chi connectivity index (χ3v) is 6.78. The zero-order valence-electron chi connectivity index (χ0n) is 23.5. The number of methoxy groups -OCH3 is 1. The van der Waals surface area contributed by atoms with Gasteiger partial charge >= 0.3 is 17.9 Å². The van der Waals surface area contributed by atoms with Crippen molar-refractivity contribution in [2.24, 2.45) is 11.8 Å². The maximum absolute atomic E-state index is 13.5. The Morgan fingerprint density at radius 3 is 2.52 bits per heavy atom.